The zero-order chi connectivity index (χ0) is 14.4. The van der Waals surface area contributed by atoms with Crippen molar-refractivity contribution in [3.63, 3.8) is 0 Å². The number of aromatic hydroxyl groups is 1. The minimum atomic E-state index is 0.151. The lowest BCUT2D eigenvalue weighted by atomic mass is 10.0. The number of benzene rings is 1. The van der Waals surface area contributed by atoms with Crippen molar-refractivity contribution >= 4 is 15.9 Å². The number of hydrogen-bond donors (Lipinski definition) is 2. The molecule has 1 aliphatic rings. The van der Waals surface area contributed by atoms with Crippen LogP contribution in [0.2, 0.25) is 0 Å². The first kappa shape index (κ1) is 14.7. The Balaban J connectivity index is 2.08. The number of halogens is 1. The van der Waals surface area contributed by atoms with E-state index in [0.29, 0.717) is 27.1 Å². The molecule has 2 rings (SSSR count). The van der Waals surface area contributed by atoms with Gasteiger partial charge < -0.3 is 15.2 Å². The molecule has 0 atom stereocenters. The van der Waals surface area contributed by atoms with E-state index >= 15 is 0 Å². The van der Waals surface area contributed by atoms with Crippen LogP contribution < -0.4 is 10.1 Å². The Hall–Kier alpha value is -0.740. The molecule has 1 fully saturated rings. The number of phenolic OH excluding ortho intramolecular Hbond substituents is 1. The summed E-state index contributed by atoms with van der Waals surface area (Å²) in [5, 5.41) is 13.4. The first-order valence-electron chi connectivity index (χ1n) is 6.50. The Morgan fingerprint density at radius 2 is 1.84 bits per heavy atom. The molecule has 19 heavy (non-hydrogen) atoms. The van der Waals surface area contributed by atoms with Crippen molar-refractivity contribution in [2.75, 3.05) is 7.11 Å². The van der Waals surface area contributed by atoms with E-state index in [1.165, 1.54) is 0 Å². The average molecular weight is 328 g/mol. The molecule has 3 nitrogen and oxygen atoms in total. The first-order valence-corrected chi connectivity index (χ1v) is 7.30. The first-order chi connectivity index (χ1) is 8.71. The lowest BCUT2D eigenvalue weighted by Gasteiger charge is -2.11. The molecule has 4 heteroatoms. The number of methoxy groups -OCH3 is 1. The number of nitrogens with one attached hydrogen (secondary N) is 1. The van der Waals surface area contributed by atoms with Gasteiger partial charge in [-0.15, -0.1) is 0 Å². The van der Waals surface area contributed by atoms with Gasteiger partial charge >= 0.3 is 0 Å². The molecule has 0 unspecified atom stereocenters. The lowest BCUT2D eigenvalue weighted by molar-refractivity contribution is 0.371. The Bertz CT molecular complexity index is 483. The highest BCUT2D eigenvalue weighted by molar-refractivity contribution is 9.10. The number of phenols is 1. The summed E-state index contributed by atoms with van der Waals surface area (Å²) in [5.74, 6) is 0.652. The van der Waals surface area contributed by atoms with Gasteiger partial charge in [-0.3, -0.25) is 0 Å². The molecule has 0 radical (unpaired) electrons. The van der Waals surface area contributed by atoms with Crippen LogP contribution in [0.15, 0.2) is 16.6 Å². The zero-order valence-corrected chi connectivity index (χ0v) is 13.8. The molecule has 106 valence electrons. The van der Waals surface area contributed by atoms with E-state index in [2.05, 4.69) is 48.9 Å². The highest BCUT2D eigenvalue weighted by Crippen LogP contribution is 2.62. The summed E-state index contributed by atoms with van der Waals surface area (Å²) in [7, 11) is 1.56. The monoisotopic (exact) mass is 327 g/mol. The van der Waals surface area contributed by atoms with Crippen molar-refractivity contribution in [1.82, 2.24) is 5.32 Å². The SMILES string of the molecule is COc1cc(CNC2C(C)(C)C2(C)C)cc(Br)c1O. The van der Waals surface area contributed by atoms with Crippen molar-refractivity contribution in [2.45, 2.75) is 40.3 Å². The van der Waals surface area contributed by atoms with Crippen LogP contribution in [0.5, 0.6) is 11.5 Å². The van der Waals surface area contributed by atoms with Crippen molar-refractivity contribution in [3.8, 4) is 11.5 Å². The molecule has 0 amide bonds. The van der Waals surface area contributed by atoms with E-state index in [1.54, 1.807) is 7.11 Å². The molecule has 0 heterocycles. The van der Waals surface area contributed by atoms with E-state index in [0.717, 1.165) is 12.1 Å². The largest absolute Gasteiger partial charge is 0.503 e. The summed E-state index contributed by atoms with van der Waals surface area (Å²) in [4.78, 5) is 0. The Morgan fingerprint density at radius 1 is 1.26 bits per heavy atom. The molecular weight excluding hydrogens is 306 g/mol. The van der Waals surface area contributed by atoms with Crippen LogP contribution in [0.3, 0.4) is 0 Å². The van der Waals surface area contributed by atoms with Gasteiger partial charge in [-0.05, 0) is 44.5 Å². The molecular formula is C15H22BrNO2. The third-order valence-electron chi connectivity index (χ3n) is 4.84. The summed E-state index contributed by atoms with van der Waals surface area (Å²) in [6, 6.07) is 4.31. The van der Waals surface area contributed by atoms with Gasteiger partial charge in [-0.1, -0.05) is 27.7 Å². The summed E-state index contributed by atoms with van der Waals surface area (Å²) in [6.07, 6.45) is 0. The second-order valence-corrected chi connectivity index (χ2v) is 7.24. The van der Waals surface area contributed by atoms with E-state index < -0.39 is 0 Å². The van der Waals surface area contributed by atoms with Crippen LogP contribution in [-0.2, 0) is 6.54 Å². The third-order valence-corrected chi connectivity index (χ3v) is 5.44. The second-order valence-electron chi connectivity index (χ2n) is 6.39. The maximum atomic E-state index is 9.79. The van der Waals surface area contributed by atoms with Gasteiger partial charge in [0.2, 0.25) is 0 Å². The molecule has 0 spiro atoms. The predicted octanol–water partition coefficient (Wildman–Crippen LogP) is 3.69. The van der Waals surface area contributed by atoms with Gasteiger partial charge in [0.05, 0.1) is 11.6 Å². The molecule has 0 aromatic heterocycles. The molecule has 0 aliphatic heterocycles. The maximum absolute atomic E-state index is 9.79. The van der Waals surface area contributed by atoms with Crippen molar-refractivity contribution in [3.05, 3.63) is 22.2 Å². The zero-order valence-electron chi connectivity index (χ0n) is 12.2. The second kappa shape index (κ2) is 4.67. The Morgan fingerprint density at radius 3 is 2.32 bits per heavy atom. The normalized spacial score (nSPS) is 20.3. The highest BCUT2D eigenvalue weighted by atomic mass is 79.9. The van der Waals surface area contributed by atoms with Crippen LogP contribution in [0.4, 0.5) is 0 Å². The quantitative estimate of drug-likeness (QED) is 0.886. The van der Waals surface area contributed by atoms with E-state index in [-0.39, 0.29) is 5.75 Å². The smallest absolute Gasteiger partial charge is 0.172 e. The lowest BCUT2D eigenvalue weighted by Crippen LogP contribution is -2.21. The Kier molecular flexibility index (Phi) is 3.60. The van der Waals surface area contributed by atoms with Crippen molar-refractivity contribution < 1.29 is 9.84 Å². The van der Waals surface area contributed by atoms with Crippen LogP contribution >= 0.6 is 15.9 Å². The van der Waals surface area contributed by atoms with Gasteiger partial charge in [0, 0.05) is 12.6 Å². The standard InChI is InChI=1S/C15H22BrNO2/c1-14(2)13(15(14,3)4)17-8-9-6-10(16)12(18)11(7-9)19-5/h6-7,13,17-18H,8H2,1-5H3. The number of hydrogen-bond acceptors (Lipinski definition) is 3. The van der Waals surface area contributed by atoms with E-state index in [4.69, 9.17) is 4.74 Å². The fourth-order valence-electron chi connectivity index (χ4n) is 2.81. The van der Waals surface area contributed by atoms with Gasteiger partial charge in [0.1, 0.15) is 0 Å². The van der Waals surface area contributed by atoms with Crippen LogP contribution in [0, 0.1) is 10.8 Å². The maximum Gasteiger partial charge on any atom is 0.172 e. The van der Waals surface area contributed by atoms with Crippen molar-refractivity contribution in [1.29, 1.82) is 0 Å². The Labute approximate surface area is 123 Å². The molecule has 1 aromatic rings. The summed E-state index contributed by atoms with van der Waals surface area (Å²) >= 11 is 3.35. The average Bonchev–Trinajstić information content (AvgIpc) is 2.71. The summed E-state index contributed by atoms with van der Waals surface area (Å²) in [5.41, 5.74) is 1.75. The van der Waals surface area contributed by atoms with Gasteiger partial charge in [-0.25, -0.2) is 0 Å². The topological polar surface area (TPSA) is 41.5 Å². The highest BCUT2D eigenvalue weighted by Gasteiger charge is 2.64. The fourth-order valence-corrected chi connectivity index (χ4v) is 3.30. The van der Waals surface area contributed by atoms with E-state index in [1.807, 2.05) is 12.1 Å². The molecule has 2 N–H and O–H groups in total. The molecule has 1 aliphatic carbocycles. The molecule has 0 bridgehead atoms. The molecule has 0 saturated heterocycles. The van der Waals surface area contributed by atoms with Crippen LogP contribution in [-0.4, -0.2) is 18.3 Å². The van der Waals surface area contributed by atoms with E-state index in [9.17, 15) is 5.11 Å². The third kappa shape index (κ3) is 2.36. The van der Waals surface area contributed by atoms with Gasteiger partial charge in [-0.2, -0.15) is 0 Å². The minimum absolute atomic E-state index is 0.151. The predicted molar refractivity (Wildman–Crippen MR) is 80.5 cm³/mol. The molecule has 1 aromatic carbocycles. The van der Waals surface area contributed by atoms with Crippen LogP contribution in [0.1, 0.15) is 33.3 Å². The van der Waals surface area contributed by atoms with Gasteiger partial charge in [0.25, 0.3) is 0 Å². The minimum Gasteiger partial charge on any atom is -0.503 e. The van der Waals surface area contributed by atoms with Crippen molar-refractivity contribution in [2.24, 2.45) is 10.8 Å². The summed E-state index contributed by atoms with van der Waals surface area (Å²) in [6.45, 7) is 9.93. The summed E-state index contributed by atoms with van der Waals surface area (Å²) < 4.78 is 5.83. The van der Waals surface area contributed by atoms with Crippen LogP contribution in [0.25, 0.3) is 0 Å². The number of ether oxygens (including phenoxy) is 1. The molecule has 1 saturated carbocycles. The van der Waals surface area contributed by atoms with Gasteiger partial charge in [0.15, 0.2) is 11.5 Å². The fraction of sp³-hybridized carbons (Fsp3) is 0.600. The number of rotatable bonds is 4.